The molecule has 2 N–H and O–H groups in total. The Labute approximate surface area is 121 Å². The lowest BCUT2D eigenvalue weighted by atomic mass is 10.0. The summed E-state index contributed by atoms with van der Waals surface area (Å²) in [5.41, 5.74) is 0.806. The molecule has 0 saturated heterocycles. The van der Waals surface area contributed by atoms with Gasteiger partial charge >= 0.3 is 0 Å². The molecule has 1 aromatic carbocycles. The summed E-state index contributed by atoms with van der Waals surface area (Å²) < 4.78 is 11.1. The smallest absolute Gasteiger partial charge is 0.161 e. The summed E-state index contributed by atoms with van der Waals surface area (Å²) in [6.45, 7) is 11.2. The molecular formula is C16H25NO3. The average molecular weight is 279 g/mol. The second-order valence-electron chi connectivity index (χ2n) is 4.50. The van der Waals surface area contributed by atoms with E-state index in [9.17, 15) is 5.11 Å². The summed E-state index contributed by atoms with van der Waals surface area (Å²) in [5.74, 6) is 1.37. The maximum Gasteiger partial charge on any atom is 0.161 e. The van der Waals surface area contributed by atoms with Crippen LogP contribution in [-0.2, 0) is 0 Å². The molecule has 0 radical (unpaired) electrons. The molecule has 1 rings (SSSR count). The van der Waals surface area contributed by atoms with Crippen molar-refractivity contribution in [2.45, 2.75) is 32.9 Å². The summed E-state index contributed by atoms with van der Waals surface area (Å²) in [6, 6.07) is 5.48. The quantitative estimate of drug-likeness (QED) is 0.682. The Morgan fingerprint density at radius 2 is 1.90 bits per heavy atom. The van der Waals surface area contributed by atoms with Crippen LogP contribution in [0.5, 0.6) is 11.5 Å². The average Bonchev–Trinajstić information content (AvgIpc) is 2.46. The molecule has 2 atom stereocenters. The molecule has 0 amide bonds. The Bertz CT molecular complexity index is 420. The van der Waals surface area contributed by atoms with Crippen LogP contribution >= 0.6 is 0 Å². The number of rotatable bonds is 9. The van der Waals surface area contributed by atoms with Crippen molar-refractivity contribution in [2.75, 3.05) is 19.8 Å². The molecule has 20 heavy (non-hydrogen) atoms. The van der Waals surface area contributed by atoms with E-state index in [1.54, 1.807) is 6.08 Å². The fraction of sp³-hybridized carbons (Fsp3) is 0.500. The van der Waals surface area contributed by atoms with Gasteiger partial charge < -0.3 is 19.9 Å². The van der Waals surface area contributed by atoms with Crippen molar-refractivity contribution in [3.8, 4) is 11.5 Å². The van der Waals surface area contributed by atoms with Crippen molar-refractivity contribution < 1.29 is 14.6 Å². The van der Waals surface area contributed by atoms with Crippen molar-refractivity contribution >= 4 is 0 Å². The van der Waals surface area contributed by atoms with Crippen LogP contribution in [0.2, 0.25) is 0 Å². The third-order valence-electron chi connectivity index (χ3n) is 2.97. The lowest BCUT2D eigenvalue weighted by Crippen LogP contribution is -2.32. The molecule has 2 unspecified atom stereocenters. The molecule has 0 aliphatic carbocycles. The molecule has 1 aromatic rings. The van der Waals surface area contributed by atoms with Crippen LogP contribution in [-0.4, -0.2) is 30.9 Å². The van der Waals surface area contributed by atoms with Gasteiger partial charge in [-0.15, -0.1) is 6.58 Å². The molecule has 0 aliphatic heterocycles. The molecule has 0 bridgehead atoms. The first kappa shape index (κ1) is 16.5. The highest BCUT2D eigenvalue weighted by Crippen LogP contribution is 2.31. The predicted octanol–water partition coefficient (Wildman–Crippen LogP) is 2.68. The third-order valence-corrected chi connectivity index (χ3v) is 2.97. The van der Waals surface area contributed by atoms with Crippen molar-refractivity contribution in [1.29, 1.82) is 0 Å². The summed E-state index contributed by atoms with van der Waals surface area (Å²) in [7, 11) is 0. The lowest BCUT2D eigenvalue weighted by molar-refractivity contribution is 0.137. The van der Waals surface area contributed by atoms with E-state index in [4.69, 9.17) is 9.47 Å². The Balaban J connectivity index is 2.89. The molecule has 4 heteroatoms. The molecule has 0 heterocycles. The van der Waals surface area contributed by atoms with Crippen molar-refractivity contribution in [3.05, 3.63) is 36.4 Å². The summed E-state index contributed by atoms with van der Waals surface area (Å²) in [6.07, 6.45) is 1.16. The summed E-state index contributed by atoms with van der Waals surface area (Å²) >= 11 is 0. The van der Waals surface area contributed by atoms with Crippen LogP contribution in [0.3, 0.4) is 0 Å². The van der Waals surface area contributed by atoms with E-state index in [-0.39, 0.29) is 6.04 Å². The largest absolute Gasteiger partial charge is 0.490 e. The van der Waals surface area contributed by atoms with Gasteiger partial charge in [-0.2, -0.15) is 0 Å². The summed E-state index contributed by atoms with van der Waals surface area (Å²) in [4.78, 5) is 0. The Morgan fingerprint density at radius 1 is 1.25 bits per heavy atom. The number of aliphatic hydroxyl groups is 1. The van der Waals surface area contributed by atoms with E-state index in [1.165, 1.54) is 0 Å². The first-order valence-electron chi connectivity index (χ1n) is 7.05. The van der Waals surface area contributed by atoms with E-state index in [0.717, 1.165) is 5.56 Å². The highest BCUT2D eigenvalue weighted by Gasteiger charge is 2.17. The van der Waals surface area contributed by atoms with E-state index < -0.39 is 6.10 Å². The third kappa shape index (κ3) is 4.54. The van der Waals surface area contributed by atoms with Crippen LogP contribution in [0.25, 0.3) is 0 Å². The van der Waals surface area contributed by atoms with Gasteiger partial charge in [-0.25, -0.2) is 0 Å². The first-order valence-corrected chi connectivity index (χ1v) is 7.05. The fourth-order valence-electron chi connectivity index (χ4n) is 1.92. The zero-order chi connectivity index (χ0) is 15.0. The summed E-state index contributed by atoms with van der Waals surface area (Å²) in [5, 5.41) is 13.5. The minimum atomic E-state index is -0.607. The van der Waals surface area contributed by atoms with Crippen LogP contribution in [0, 0.1) is 0 Å². The number of hydrogen-bond donors (Lipinski definition) is 2. The van der Waals surface area contributed by atoms with Crippen molar-refractivity contribution in [3.63, 3.8) is 0 Å². The van der Waals surface area contributed by atoms with E-state index in [1.807, 2.05) is 39.0 Å². The maximum absolute atomic E-state index is 10.3. The van der Waals surface area contributed by atoms with Crippen LogP contribution in [0.15, 0.2) is 30.9 Å². The van der Waals surface area contributed by atoms with Gasteiger partial charge in [-0.05, 0) is 38.5 Å². The Kier molecular flexibility index (Phi) is 7.12. The van der Waals surface area contributed by atoms with Gasteiger partial charge in [0.1, 0.15) is 0 Å². The zero-order valence-corrected chi connectivity index (χ0v) is 12.6. The topological polar surface area (TPSA) is 50.7 Å². The van der Waals surface area contributed by atoms with Gasteiger partial charge in [-0.1, -0.05) is 12.1 Å². The number of ether oxygens (including phenoxy) is 2. The van der Waals surface area contributed by atoms with Gasteiger partial charge in [-0.3, -0.25) is 0 Å². The molecule has 0 fully saturated rings. The first-order chi connectivity index (χ1) is 9.63. The highest BCUT2D eigenvalue weighted by atomic mass is 16.5. The molecular weight excluding hydrogens is 254 g/mol. The molecule has 0 aliphatic rings. The predicted molar refractivity (Wildman–Crippen MR) is 81.4 cm³/mol. The molecule has 112 valence electrons. The van der Waals surface area contributed by atoms with Gasteiger partial charge in [0.2, 0.25) is 0 Å². The van der Waals surface area contributed by atoms with E-state index in [0.29, 0.717) is 31.3 Å². The van der Waals surface area contributed by atoms with Gasteiger partial charge in [0, 0.05) is 12.6 Å². The minimum absolute atomic E-state index is 0.0691. The standard InChI is InChI=1S/C16H25NO3/c1-5-10-17-12(4)16(18)13-8-9-14(19-6-2)15(11-13)20-7-3/h5,8-9,11-12,16-18H,1,6-7,10H2,2-4H3. The second-order valence-corrected chi connectivity index (χ2v) is 4.50. The van der Waals surface area contributed by atoms with Crippen molar-refractivity contribution in [1.82, 2.24) is 5.32 Å². The zero-order valence-electron chi connectivity index (χ0n) is 12.6. The van der Waals surface area contributed by atoms with Crippen molar-refractivity contribution in [2.24, 2.45) is 0 Å². The highest BCUT2D eigenvalue weighted by molar-refractivity contribution is 5.43. The Morgan fingerprint density at radius 3 is 2.50 bits per heavy atom. The molecule has 0 saturated carbocycles. The number of aliphatic hydroxyl groups excluding tert-OH is 1. The van der Waals surface area contributed by atoms with Gasteiger partial charge in [0.25, 0.3) is 0 Å². The molecule has 0 spiro atoms. The van der Waals surface area contributed by atoms with Gasteiger partial charge in [0.05, 0.1) is 19.3 Å². The molecule has 4 nitrogen and oxygen atoms in total. The lowest BCUT2D eigenvalue weighted by Gasteiger charge is -2.21. The van der Waals surface area contributed by atoms with E-state index >= 15 is 0 Å². The van der Waals surface area contributed by atoms with E-state index in [2.05, 4.69) is 11.9 Å². The van der Waals surface area contributed by atoms with Crippen LogP contribution < -0.4 is 14.8 Å². The monoisotopic (exact) mass is 279 g/mol. The minimum Gasteiger partial charge on any atom is -0.490 e. The molecule has 0 aromatic heterocycles. The Hall–Kier alpha value is -1.52. The maximum atomic E-state index is 10.3. The van der Waals surface area contributed by atoms with Gasteiger partial charge in [0.15, 0.2) is 11.5 Å². The van der Waals surface area contributed by atoms with Crippen LogP contribution in [0.4, 0.5) is 0 Å². The van der Waals surface area contributed by atoms with Crippen LogP contribution in [0.1, 0.15) is 32.4 Å². The second kappa shape index (κ2) is 8.61. The number of nitrogens with one attached hydrogen (secondary N) is 1. The number of hydrogen-bond acceptors (Lipinski definition) is 4. The normalized spacial score (nSPS) is 13.6. The number of benzene rings is 1. The SMILES string of the molecule is C=CCNC(C)C(O)c1ccc(OCC)c(OCC)c1. The fourth-order valence-corrected chi connectivity index (χ4v) is 1.92.